The largest absolute Gasteiger partial charge is 0.491 e. The molecule has 3 heterocycles. The molecule has 2 aliphatic rings. The lowest BCUT2D eigenvalue weighted by molar-refractivity contribution is -0.117. The minimum atomic E-state index is -2.55. The molecule has 3 aromatic heterocycles. The molecule has 1 saturated carbocycles. The molecular weight excluding hydrogens is 638 g/mol. The molecule has 0 bridgehead atoms. The van der Waals surface area contributed by atoms with E-state index in [1.165, 1.54) is 15.9 Å². The number of carboxylic acid groups (broad SMARTS) is 1. The lowest BCUT2D eigenvalue weighted by Crippen LogP contribution is -2.47. The highest BCUT2D eigenvalue weighted by atomic mass is 35.5. The Morgan fingerprint density at radius 3 is 2.65 bits per heavy atom. The summed E-state index contributed by atoms with van der Waals surface area (Å²) in [6.45, 7) is 4.42. The van der Waals surface area contributed by atoms with Crippen molar-refractivity contribution in [2.24, 2.45) is 13.0 Å². The zero-order valence-electron chi connectivity index (χ0n) is 26.0. The van der Waals surface area contributed by atoms with Crippen LogP contribution >= 0.6 is 22.9 Å². The van der Waals surface area contributed by atoms with Gasteiger partial charge in [-0.25, -0.2) is 18.6 Å². The van der Waals surface area contributed by atoms with Gasteiger partial charge in [-0.3, -0.25) is 14.2 Å². The Balaban J connectivity index is 1.24. The molecule has 0 spiro atoms. The van der Waals surface area contributed by atoms with Gasteiger partial charge in [0.1, 0.15) is 18.2 Å². The number of thiophene rings is 1. The first-order valence-electron chi connectivity index (χ1n) is 15.2. The molecule has 13 heteroatoms. The Hall–Kier alpha value is -3.61. The van der Waals surface area contributed by atoms with Crippen LogP contribution in [0, 0.1) is 19.8 Å². The molecule has 1 aromatic carbocycles. The molecule has 0 radical (unpaired) electrons. The number of benzene rings is 1. The number of hydrogen-bond acceptors (Lipinski definition) is 7. The number of pyridine rings is 1. The van der Waals surface area contributed by atoms with Crippen LogP contribution in [-0.4, -0.2) is 62.3 Å². The van der Waals surface area contributed by atoms with Gasteiger partial charge in [-0.05, 0) is 64.3 Å². The highest BCUT2D eigenvalue weighted by Crippen LogP contribution is 2.43. The third-order valence-corrected chi connectivity index (χ3v) is 10.6. The number of carbonyl (C=O) groups is 1. The van der Waals surface area contributed by atoms with E-state index in [1.807, 2.05) is 7.05 Å². The van der Waals surface area contributed by atoms with E-state index in [4.69, 9.17) is 21.3 Å². The Bertz CT molecular complexity index is 1980. The van der Waals surface area contributed by atoms with E-state index in [0.29, 0.717) is 62.3 Å². The fourth-order valence-corrected chi connectivity index (χ4v) is 8.21. The summed E-state index contributed by atoms with van der Waals surface area (Å²) in [5.74, 6) is -2.69. The Labute approximate surface area is 273 Å². The highest BCUT2D eigenvalue weighted by molar-refractivity contribution is 7.20. The molecular formula is C33H35ClF2N4O5S. The second-order valence-electron chi connectivity index (χ2n) is 12.5. The number of aromatic carboxylic acids is 1. The predicted octanol–water partition coefficient (Wildman–Crippen LogP) is 5.71. The maximum atomic E-state index is 13.7. The van der Waals surface area contributed by atoms with Gasteiger partial charge in [0.25, 0.3) is 11.1 Å². The minimum absolute atomic E-state index is 0.0141. The van der Waals surface area contributed by atoms with Gasteiger partial charge >= 0.3 is 5.97 Å². The van der Waals surface area contributed by atoms with Crippen molar-refractivity contribution < 1.29 is 23.4 Å². The molecule has 0 unspecified atom stereocenters. The third kappa shape index (κ3) is 5.98. The van der Waals surface area contributed by atoms with E-state index in [0.717, 1.165) is 12.1 Å². The Morgan fingerprint density at radius 1 is 1.22 bits per heavy atom. The number of carboxylic acids is 1. The second kappa shape index (κ2) is 12.2. The van der Waals surface area contributed by atoms with Gasteiger partial charge in [0, 0.05) is 65.3 Å². The van der Waals surface area contributed by atoms with Crippen LogP contribution in [0.15, 0.2) is 34.0 Å². The number of halogens is 3. The molecule has 4 aromatic rings. The number of hydrogen-bond donors (Lipinski definition) is 1. The fraction of sp³-hybridized carbons (Fsp3) is 0.455. The molecule has 2 aliphatic carbocycles. The second-order valence-corrected chi connectivity index (χ2v) is 14.2. The van der Waals surface area contributed by atoms with E-state index in [-0.39, 0.29) is 54.5 Å². The van der Waals surface area contributed by atoms with Crippen molar-refractivity contribution in [2.75, 3.05) is 20.2 Å². The summed E-state index contributed by atoms with van der Waals surface area (Å²) in [7, 11) is 3.52. The molecule has 0 saturated heterocycles. The number of rotatable bonds is 9. The van der Waals surface area contributed by atoms with Crippen LogP contribution in [0.3, 0.4) is 0 Å². The Kier molecular flexibility index (Phi) is 8.58. The van der Waals surface area contributed by atoms with Crippen LogP contribution in [0.4, 0.5) is 8.78 Å². The van der Waals surface area contributed by atoms with Crippen LogP contribution in [-0.2, 0) is 26.4 Å². The summed E-state index contributed by atoms with van der Waals surface area (Å²) >= 11 is 7.63. The molecule has 46 heavy (non-hydrogen) atoms. The van der Waals surface area contributed by atoms with Crippen LogP contribution in [0.5, 0.6) is 5.75 Å². The highest BCUT2D eigenvalue weighted by Gasteiger charge is 2.45. The molecule has 0 amide bonds. The first-order chi connectivity index (χ1) is 21.7. The summed E-state index contributed by atoms with van der Waals surface area (Å²) in [6, 6.07) is 5.19. The molecule has 1 N–H and O–H groups in total. The summed E-state index contributed by atoms with van der Waals surface area (Å²) < 4.78 is 36.5. The van der Waals surface area contributed by atoms with Crippen molar-refractivity contribution >= 4 is 39.0 Å². The summed E-state index contributed by atoms with van der Waals surface area (Å²) in [6.07, 6.45) is 3.50. The maximum absolute atomic E-state index is 13.7. The number of likely N-dealkylation sites (N-methyl/N-ethyl adjacent to an activating group) is 1. The van der Waals surface area contributed by atoms with Crippen molar-refractivity contribution in [2.45, 2.75) is 64.5 Å². The molecule has 6 rings (SSSR count). The number of ether oxygens (including phenoxy) is 1. The lowest BCUT2D eigenvalue weighted by atomic mass is 9.80. The number of fused-ring (bicyclic) bond motifs is 2. The van der Waals surface area contributed by atoms with Gasteiger partial charge in [-0.2, -0.15) is 0 Å². The van der Waals surface area contributed by atoms with E-state index in [2.05, 4.69) is 4.90 Å². The van der Waals surface area contributed by atoms with Crippen LogP contribution < -0.4 is 15.9 Å². The van der Waals surface area contributed by atoms with Crippen LogP contribution in [0.25, 0.3) is 21.2 Å². The third-order valence-electron chi connectivity index (χ3n) is 9.24. The van der Waals surface area contributed by atoms with Gasteiger partial charge in [0.15, 0.2) is 0 Å². The maximum Gasteiger partial charge on any atom is 0.337 e. The fourth-order valence-electron chi connectivity index (χ4n) is 6.88. The van der Waals surface area contributed by atoms with Crippen LogP contribution in [0.2, 0.25) is 5.02 Å². The average Bonchev–Trinajstić information content (AvgIpc) is 3.33. The summed E-state index contributed by atoms with van der Waals surface area (Å²) in [4.78, 5) is 46.1. The monoisotopic (exact) mass is 672 g/mol. The number of nitrogens with zero attached hydrogens (tertiary/aromatic N) is 4. The zero-order chi connectivity index (χ0) is 33.1. The van der Waals surface area contributed by atoms with Gasteiger partial charge in [0.2, 0.25) is 5.92 Å². The SMILES string of the molecule is Cc1sc2c(-c3cc(Cl)ccc3OCCn3c(C)nc4c(c3=O)C[C@H](N(C)CC3CC(F)(F)C3)CC4)cn(C)c(=O)c2c1C(=O)O. The first kappa shape index (κ1) is 32.3. The van der Waals surface area contributed by atoms with E-state index in [1.54, 1.807) is 49.9 Å². The molecule has 244 valence electrons. The van der Waals surface area contributed by atoms with E-state index in [9.17, 15) is 28.3 Å². The summed E-state index contributed by atoms with van der Waals surface area (Å²) in [5.41, 5.74) is 2.12. The van der Waals surface area contributed by atoms with Crippen molar-refractivity contribution in [3.05, 3.63) is 77.6 Å². The quantitative estimate of drug-likeness (QED) is 0.243. The van der Waals surface area contributed by atoms with Gasteiger partial charge in [-0.1, -0.05) is 11.6 Å². The van der Waals surface area contributed by atoms with Crippen molar-refractivity contribution in [3.63, 3.8) is 0 Å². The first-order valence-corrected chi connectivity index (χ1v) is 16.4. The van der Waals surface area contributed by atoms with Crippen molar-refractivity contribution in [1.82, 2.24) is 19.0 Å². The molecule has 9 nitrogen and oxygen atoms in total. The number of aromatic nitrogens is 3. The van der Waals surface area contributed by atoms with Crippen LogP contribution in [0.1, 0.15) is 51.6 Å². The summed E-state index contributed by atoms with van der Waals surface area (Å²) in [5, 5.41) is 10.4. The normalized spacial score (nSPS) is 17.7. The zero-order valence-corrected chi connectivity index (χ0v) is 27.6. The number of alkyl halides is 2. The predicted molar refractivity (Wildman–Crippen MR) is 174 cm³/mol. The topological polar surface area (TPSA) is 107 Å². The van der Waals surface area contributed by atoms with Crippen molar-refractivity contribution in [1.29, 1.82) is 0 Å². The molecule has 1 atom stereocenters. The van der Waals surface area contributed by atoms with Gasteiger partial charge in [0.05, 0.1) is 27.9 Å². The van der Waals surface area contributed by atoms with Crippen molar-refractivity contribution in [3.8, 4) is 16.9 Å². The standard InChI is InChI=1S/C33H35ClF2N4O5S/c1-17-27(32(43)44)28-29(46-17)24(16-39(4)31(28)42)22-11-20(34)5-8-26(22)45-10-9-40-18(2)37-25-7-6-21(12-23(25)30(40)41)38(3)15-19-13-33(35,36)14-19/h5,8,11,16,19,21H,6-7,9-10,12-15H2,1-4H3,(H,43,44)/t21-/m1/s1. The van der Waals surface area contributed by atoms with E-state index >= 15 is 0 Å². The molecule has 0 aliphatic heterocycles. The molecule has 1 fully saturated rings. The Morgan fingerprint density at radius 2 is 1.96 bits per heavy atom. The lowest BCUT2D eigenvalue weighted by Gasteiger charge is -2.40. The average molecular weight is 673 g/mol. The minimum Gasteiger partial charge on any atom is -0.491 e. The smallest absolute Gasteiger partial charge is 0.337 e. The van der Waals surface area contributed by atoms with Gasteiger partial charge in [-0.15, -0.1) is 11.3 Å². The number of aryl methyl sites for hydroxylation is 4. The van der Waals surface area contributed by atoms with Gasteiger partial charge < -0.3 is 19.3 Å². The van der Waals surface area contributed by atoms with E-state index < -0.39 is 17.5 Å².